The van der Waals surface area contributed by atoms with E-state index in [4.69, 9.17) is 0 Å². The third-order valence-electron chi connectivity index (χ3n) is 4.00. The third-order valence-corrected chi connectivity index (χ3v) is 6.48. The predicted octanol–water partition coefficient (Wildman–Crippen LogP) is 0.280. The molecule has 0 aliphatic carbocycles. The first-order chi connectivity index (χ1) is 10.3. The van der Waals surface area contributed by atoms with Gasteiger partial charge in [-0.15, -0.1) is 0 Å². The molecule has 22 heavy (non-hydrogen) atoms. The summed E-state index contributed by atoms with van der Waals surface area (Å²) >= 11 is 3.31. The zero-order valence-corrected chi connectivity index (χ0v) is 14.7. The van der Waals surface area contributed by atoms with Gasteiger partial charge in [-0.3, -0.25) is 9.13 Å². The minimum Gasteiger partial charge on any atom is -0.315 e. The summed E-state index contributed by atoms with van der Waals surface area (Å²) in [4.78, 5) is 12.1. The number of fused-ring (bicyclic) bond motifs is 1. The van der Waals surface area contributed by atoms with Crippen LogP contribution < -0.4 is 15.7 Å². The normalized spacial score (nSPS) is 19.1. The zero-order valence-electron chi connectivity index (χ0n) is 12.3. The standard InChI is InChI=1S/C13H17BrN4O3S/c1-17-10-5-9(14)12(6-11(10)18(2)13(17)19)22(20,21)16-8-3-4-15-7-8/h5-6,8,15-16H,3-4,7H2,1-2H3. The molecule has 0 radical (unpaired) electrons. The lowest BCUT2D eigenvalue weighted by Crippen LogP contribution is -2.36. The molecule has 3 rings (SSSR count). The van der Waals surface area contributed by atoms with Gasteiger partial charge >= 0.3 is 5.69 Å². The van der Waals surface area contributed by atoms with E-state index in [0.29, 0.717) is 22.1 Å². The van der Waals surface area contributed by atoms with Gasteiger partial charge in [0.25, 0.3) is 0 Å². The van der Waals surface area contributed by atoms with Gasteiger partial charge in [0, 0.05) is 31.2 Å². The number of nitrogens with one attached hydrogen (secondary N) is 2. The zero-order chi connectivity index (χ0) is 16.1. The lowest BCUT2D eigenvalue weighted by atomic mass is 10.3. The molecule has 0 spiro atoms. The van der Waals surface area contributed by atoms with Gasteiger partial charge < -0.3 is 5.32 Å². The average Bonchev–Trinajstić information content (AvgIpc) is 3.02. The number of halogens is 1. The van der Waals surface area contributed by atoms with E-state index in [1.165, 1.54) is 15.2 Å². The van der Waals surface area contributed by atoms with Crippen molar-refractivity contribution in [3.8, 4) is 0 Å². The van der Waals surface area contributed by atoms with Crippen LogP contribution in [-0.4, -0.2) is 36.7 Å². The highest BCUT2D eigenvalue weighted by Crippen LogP contribution is 2.27. The molecule has 1 fully saturated rings. The predicted molar refractivity (Wildman–Crippen MR) is 87.5 cm³/mol. The van der Waals surface area contributed by atoms with Crippen LogP contribution in [0.2, 0.25) is 0 Å². The van der Waals surface area contributed by atoms with Gasteiger partial charge in [0.05, 0.1) is 15.9 Å². The summed E-state index contributed by atoms with van der Waals surface area (Å²) in [6.07, 6.45) is 0.767. The summed E-state index contributed by atoms with van der Waals surface area (Å²) in [6.45, 7) is 1.43. The van der Waals surface area contributed by atoms with Crippen molar-refractivity contribution < 1.29 is 8.42 Å². The maximum Gasteiger partial charge on any atom is 0.328 e. The molecule has 120 valence electrons. The summed E-state index contributed by atoms with van der Waals surface area (Å²) in [7, 11) is -0.359. The first-order valence-electron chi connectivity index (χ1n) is 6.89. The molecule has 1 aromatic carbocycles. The van der Waals surface area contributed by atoms with Crippen LogP contribution in [-0.2, 0) is 24.1 Å². The highest BCUT2D eigenvalue weighted by Gasteiger charge is 2.25. The van der Waals surface area contributed by atoms with Crippen LogP contribution in [0.1, 0.15) is 6.42 Å². The fourth-order valence-electron chi connectivity index (χ4n) is 2.74. The number of hydrogen-bond acceptors (Lipinski definition) is 4. The highest BCUT2D eigenvalue weighted by atomic mass is 79.9. The van der Waals surface area contributed by atoms with Crippen molar-refractivity contribution in [2.75, 3.05) is 13.1 Å². The minimum atomic E-state index is -3.65. The molecule has 1 saturated heterocycles. The van der Waals surface area contributed by atoms with Crippen LogP contribution >= 0.6 is 15.9 Å². The molecule has 1 aliphatic heterocycles. The lowest BCUT2D eigenvalue weighted by molar-refractivity contribution is 0.560. The second-order valence-electron chi connectivity index (χ2n) is 5.48. The van der Waals surface area contributed by atoms with E-state index in [2.05, 4.69) is 26.0 Å². The van der Waals surface area contributed by atoms with Gasteiger partial charge in [0.2, 0.25) is 10.0 Å². The summed E-state index contributed by atoms with van der Waals surface area (Å²) in [5.74, 6) is 0. The Hall–Kier alpha value is -1.16. The molecular formula is C13H17BrN4O3S. The number of nitrogens with zero attached hydrogens (tertiary/aromatic N) is 2. The van der Waals surface area contributed by atoms with Gasteiger partial charge in [-0.2, -0.15) is 0 Å². The van der Waals surface area contributed by atoms with Gasteiger partial charge in [0.15, 0.2) is 0 Å². The molecule has 9 heteroatoms. The molecule has 1 aromatic heterocycles. The lowest BCUT2D eigenvalue weighted by Gasteiger charge is -2.13. The van der Waals surface area contributed by atoms with E-state index in [1.54, 1.807) is 20.2 Å². The number of aromatic nitrogens is 2. The topological polar surface area (TPSA) is 85.1 Å². The van der Waals surface area contributed by atoms with Crippen LogP contribution in [0.4, 0.5) is 0 Å². The molecule has 0 bridgehead atoms. The molecule has 1 atom stereocenters. The summed E-state index contributed by atoms with van der Waals surface area (Å²) in [6, 6.07) is 3.09. The average molecular weight is 389 g/mol. The summed E-state index contributed by atoms with van der Waals surface area (Å²) < 4.78 is 31.3. The number of rotatable bonds is 3. The highest BCUT2D eigenvalue weighted by molar-refractivity contribution is 9.10. The fourth-order valence-corrected chi connectivity index (χ4v) is 5.06. The number of hydrogen-bond donors (Lipinski definition) is 2. The van der Waals surface area contributed by atoms with E-state index in [-0.39, 0.29) is 16.6 Å². The molecule has 7 nitrogen and oxygen atoms in total. The van der Waals surface area contributed by atoms with Crippen molar-refractivity contribution in [2.24, 2.45) is 14.1 Å². The molecular weight excluding hydrogens is 372 g/mol. The van der Waals surface area contributed by atoms with Crippen molar-refractivity contribution in [2.45, 2.75) is 17.4 Å². The first-order valence-corrected chi connectivity index (χ1v) is 9.17. The van der Waals surface area contributed by atoms with Crippen molar-refractivity contribution in [1.29, 1.82) is 0 Å². The number of sulfonamides is 1. The van der Waals surface area contributed by atoms with E-state index in [1.807, 2.05) is 0 Å². The second-order valence-corrected chi connectivity index (χ2v) is 8.02. The van der Waals surface area contributed by atoms with Crippen molar-refractivity contribution >= 4 is 37.0 Å². The Kier molecular flexibility index (Phi) is 3.92. The van der Waals surface area contributed by atoms with Crippen LogP contribution in [0.5, 0.6) is 0 Å². The SMILES string of the molecule is Cn1c(=O)n(C)c2cc(S(=O)(=O)NC3CCNC3)c(Br)cc21. The summed E-state index contributed by atoms with van der Waals surface area (Å²) in [5, 5.41) is 3.12. The van der Waals surface area contributed by atoms with Gasteiger partial charge in [0.1, 0.15) is 0 Å². The smallest absolute Gasteiger partial charge is 0.315 e. The monoisotopic (exact) mass is 388 g/mol. The number of aryl methyl sites for hydroxylation is 2. The molecule has 2 N–H and O–H groups in total. The largest absolute Gasteiger partial charge is 0.328 e. The maximum absolute atomic E-state index is 12.6. The molecule has 0 amide bonds. The Morgan fingerprint density at radius 3 is 2.50 bits per heavy atom. The summed E-state index contributed by atoms with van der Waals surface area (Å²) in [5.41, 5.74) is 1.07. The molecule has 1 aliphatic rings. The Bertz CT molecular complexity index is 894. The van der Waals surface area contributed by atoms with E-state index >= 15 is 0 Å². The van der Waals surface area contributed by atoms with E-state index in [0.717, 1.165) is 13.0 Å². The molecule has 2 aromatic rings. The van der Waals surface area contributed by atoms with Crippen molar-refractivity contribution in [3.63, 3.8) is 0 Å². The maximum atomic E-state index is 12.6. The van der Waals surface area contributed by atoms with Gasteiger partial charge in [-0.05, 0) is 41.0 Å². The quantitative estimate of drug-likeness (QED) is 0.790. The Morgan fingerprint density at radius 2 is 1.91 bits per heavy atom. The molecule has 1 unspecified atom stereocenters. The van der Waals surface area contributed by atoms with Crippen molar-refractivity contribution in [3.05, 3.63) is 27.1 Å². The number of benzene rings is 1. The van der Waals surface area contributed by atoms with Gasteiger partial charge in [-0.1, -0.05) is 0 Å². The van der Waals surface area contributed by atoms with Crippen molar-refractivity contribution in [1.82, 2.24) is 19.2 Å². The Labute approximate surface area is 136 Å². The second kappa shape index (κ2) is 5.48. The van der Waals surface area contributed by atoms with E-state index < -0.39 is 10.0 Å². The Balaban J connectivity index is 2.12. The number of imidazole rings is 1. The van der Waals surface area contributed by atoms with Crippen LogP contribution in [0.15, 0.2) is 26.3 Å². The minimum absolute atomic E-state index is 0.104. The van der Waals surface area contributed by atoms with E-state index in [9.17, 15) is 13.2 Å². The van der Waals surface area contributed by atoms with Gasteiger partial charge in [-0.25, -0.2) is 17.9 Å². The molecule has 0 saturated carbocycles. The molecule has 2 heterocycles. The van der Waals surface area contributed by atoms with Crippen LogP contribution in [0.25, 0.3) is 11.0 Å². The Morgan fingerprint density at radius 1 is 1.27 bits per heavy atom. The van der Waals surface area contributed by atoms with Crippen LogP contribution in [0, 0.1) is 0 Å². The third kappa shape index (κ3) is 2.51. The first kappa shape index (κ1) is 15.7. The fraction of sp³-hybridized carbons (Fsp3) is 0.462. The van der Waals surface area contributed by atoms with Crippen LogP contribution in [0.3, 0.4) is 0 Å².